The zero-order valence-corrected chi connectivity index (χ0v) is 7.30. The van der Waals surface area contributed by atoms with Crippen LogP contribution in [-0.4, -0.2) is 40.5 Å². The van der Waals surface area contributed by atoms with E-state index in [0.717, 1.165) is 0 Å². The lowest BCUT2D eigenvalue weighted by molar-refractivity contribution is 0.0209. The Morgan fingerprint density at radius 2 is 2.29 bits per heavy atom. The summed E-state index contributed by atoms with van der Waals surface area (Å²) in [5.74, 6) is -0.501. The highest BCUT2D eigenvalue weighted by molar-refractivity contribution is 5.85. The zero-order valence-electron chi connectivity index (χ0n) is 7.30. The fourth-order valence-electron chi connectivity index (χ4n) is 1.05. The van der Waals surface area contributed by atoms with Gasteiger partial charge in [-0.05, 0) is 12.1 Å². The fraction of sp³-hybridized carbons (Fsp3) is 0.375. The number of nitrogens with zero attached hydrogens (tertiary/aromatic N) is 2. The van der Waals surface area contributed by atoms with Crippen molar-refractivity contribution >= 4 is 11.8 Å². The average molecular weight is 195 g/mol. The fourth-order valence-corrected chi connectivity index (χ4v) is 1.05. The Balaban J connectivity index is 2.01. The number of anilines is 1. The van der Waals surface area contributed by atoms with Crippen LogP contribution in [0.2, 0.25) is 0 Å². The topological polar surface area (TPSA) is 84.3 Å². The highest BCUT2D eigenvalue weighted by Crippen LogP contribution is 2.09. The SMILES string of the molecule is O=C(O)c1ccc(NC2COC2)nn1. The third kappa shape index (κ3) is 1.80. The highest BCUT2D eigenvalue weighted by atomic mass is 16.5. The normalized spacial score (nSPS) is 16.0. The molecule has 2 rings (SSSR count). The van der Waals surface area contributed by atoms with E-state index >= 15 is 0 Å². The molecule has 14 heavy (non-hydrogen) atoms. The van der Waals surface area contributed by atoms with Gasteiger partial charge in [-0.3, -0.25) is 0 Å². The number of aromatic nitrogens is 2. The Hall–Kier alpha value is -1.69. The van der Waals surface area contributed by atoms with E-state index in [1.54, 1.807) is 6.07 Å². The third-order valence-electron chi connectivity index (χ3n) is 1.87. The molecular formula is C8H9N3O3. The van der Waals surface area contributed by atoms with Crippen molar-refractivity contribution in [1.29, 1.82) is 0 Å². The minimum Gasteiger partial charge on any atom is -0.476 e. The molecule has 0 radical (unpaired) electrons. The molecule has 0 bridgehead atoms. The molecule has 2 N–H and O–H groups in total. The van der Waals surface area contributed by atoms with Crippen molar-refractivity contribution in [3.8, 4) is 0 Å². The molecule has 6 nitrogen and oxygen atoms in total. The maximum Gasteiger partial charge on any atom is 0.356 e. The molecule has 1 aliphatic heterocycles. The molecule has 1 aromatic rings. The molecule has 1 aliphatic rings. The van der Waals surface area contributed by atoms with Gasteiger partial charge in [0.05, 0.1) is 19.3 Å². The van der Waals surface area contributed by atoms with Crippen molar-refractivity contribution < 1.29 is 14.6 Å². The van der Waals surface area contributed by atoms with Crippen molar-refractivity contribution in [3.05, 3.63) is 17.8 Å². The van der Waals surface area contributed by atoms with Crippen LogP contribution in [0.5, 0.6) is 0 Å². The number of nitrogens with one attached hydrogen (secondary N) is 1. The molecule has 0 aliphatic carbocycles. The molecule has 0 aromatic carbocycles. The lowest BCUT2D eigenvalue weighted by Gasteiger charge is -2.26. The van der Waals surface area contributed by atoms with Crippen molar-refractivity contribution in [2.24, 2.45) is 0 Å². The second-order valence-electron chi connectivity index (χ2n) is 2.99. The summed E-state index contributed by atoms with van der Waals surface area (Å²) in [5, 5.41) is 18.9. The monoisotopic (exact) mass is 195 g/mol. The van der Waals surface area contributed by atoms with Gasteiger partial charge in [0, 0.05) is 0 Å². The Labute approximate surface area is 79.9 Å². The van der Waals surface area contributed by atoms with E-state index in [-0.39, 0.29) is 11.7 Å². The first-order valence-electron chi connectivity index (χ1n) is 4.17. The Morgan fingerprint density at radius 3 is 2.71 bits per heavy atom. The lowest BCUT2D eigenvalue weighted by atomic mass is 10.2. The van der Waals surface area contributed by atoms with E-state index in [2.05, 4.69) is 15.5 Å². The molecule has 0 atom stereocenters. The van der Waals surface area contributed by atoms with Crippen molar-refractivity contribution in [2.45, 2.75) is 6.04 Å². The van der Waals surface area contributed by atoms with E-state index in [1.807, 2.05) is 0 Å². The van der Waals surface area contributed by atoms with Crippen LogP contribution in [0.15, 0.2) is 12.1 Å². The predicted octanol–water partition coefficient (Wildman–Crippen LogP) is -0.0145. The van der Waals surface area contributed by atoms with Crippen molar-refractivity contribution in [1.82, 2.24) is 10.2 Å². The van der Waals surface area contributed by atoms with Crippen molar-refractivity contribution in [2.75, 3.05) is 18.5 Å². The summed E-state index contributed by atoms with van der Waals surface area (Å²) in [6.07, 6.45) is 0. The molecule has 1 aromatic heterocycles. The Bertz CT molecular complexity index is 334. The summed E-state index contributed by atoms with van der Waals surface area (Å²) in [5.41, 5.74) is -0.0552. The molecule has 6 heteroatoms. The van der Waals surface area contributed by atoms with Crippen LogP contribution >= 0.6 is 0 Å². The summed E-state index contributed by atoms with van der Waals surface area (Å²) in [6.45, 7) is 1.31. The molecule has 74 valence electrons. The largest absolute Gasteiger partial charge is 0.476 e. The summed E-state index contributed by atoms with van der Waals surface area (Å²) in [4.78, 5) is 10.5. The maximum atomic E-state index is 10.5. The van der Waals surface area contributed by atoms with Gasteiger partial charge in [-0.25, -0.2) is 4.79 Å². The van der Waals surface area contributed by atoms with Crippen LogP contribution in [0.4, 0.5) is 5.82 Å². The van der Waals surface area contributed by atoms with Crippen LogP contribution < -0.4 is 5.32 Å². The average Bonchev–Trinajstić information content (AvgIpc) is 2.12. The number of ether oxygens (including phenoxy) is 1. The van der Waals surface area contributed by atoms with Gasteiger partial charge >= 0.3 is 5.97 Å². The van der Waals surface area contributed by atoms with Gasteiger partial charge in [0.1, 0.15) is 5.82 Å². The third-order valence-corrected chi connectivity index (χ3v) is 1.87. The van der Waals surface area contributed by atoms with Gasteiger partial charge in [0.25, 0.3) is 0 Å². The summed E-state index contributed by atoms with van der Waals surface area (Å²) < 4.78 is 4.96. The van der Waals surface area contributed by atoms with Gasteiger partial charge in [-0.2, -0.15) is 0 Å². The standard InChI is InChI=1S/C8H9N3O3/c12-8(13)6-1-2-7(11-10-6)9-5-3-14-4-5/h1-2,5H,3-4H2,(H,9,11)(H,12,13). The molecule has 1 fully saturated rings. The molecule has 0 spiro atoms. The quantitative estimate of drug-likeness (QED) is 0.705. The molecule has 0 saturated carbocycles. The molecule has 1 saturated heterocycles. The number of carboxylic acid groups (broad SMARTS) is 1. The Kier molecular flexibility index (Phi) is 2.28. The van der Waals surface area contributed by atoms with E-state index in [9.17, 15) is 4.79 Å². The van der Waals surface area contributed by atoms with Gasteiger partial charge in [-0.15, -0.1) is 10.2 Å². The molecule has 0 amide bonds. The number of hydrogen-bond acceptors (Lipinski definition) is 5. The van der Waals surface area contributed by atoms with E-state index in [1.165, 1.54) is 6.07 Å². The minimum atomic E-state index is -1.07. The van der Waals surface area contributed by atoms with E-state index in [0.29, 0.717) is 19.0 Å². The van der Waals surface area contributed by atoms with Crippen LogP contribution in [-0.2, 0) is 4.74 Å². The van der Waals surface area contributed by atoms with Gasteiger partial charge < -0.3 is 15.2 Å². The highest BCUT2D eigenvalue weighted by Gasteiger charge is 2.18. The summed E-state index contributed by atoms with van der Waals surface area (Å²) >= 11 is 0. The Morgan fingerprint density at radius 1 is 1.50 bits per heavy atom. The maximum absolute atomic E-state index is 10.5. The zero-order chi connectivity index (χ0) is 9.97. The first kappa shape index (κ1) is 8.89. The molecule has 2 heterocycles. The van der Waals surface area contributed by atoms with E-state index in [4.69, 9.17) is 9.84 Å². The first-order valence-corrected chi connectivity index (χ1v) is 4.17. The van der Waals surface area contributed by atoms with Gasteiger partial charge in [-0.1, -0.05) is 0 Å². The number of hydrogen-bond donors (Lipinski definition) is 2. The van der Waals surface area contributed by atoms with Crippen LogP contribution in [0.25, 0.3) is 0 Å². The number of rotatable bonds is 3. The van der Waals surface area contributed by atoms with Gasteiger partial charge in [0.15, 0.2) is 5.69 Å². The molecular weight excluding hydrogens is 186 g/mol. The van der Waals surface area contributed by atoms with Crippen LogP contribution in [0.1, 0.15) is 10.5 Å². The second-order valence-corrected chi connectivity index (χ2v) is 2.99. The number of aromatic carboxylic acids is 1. The summed E-state index contributed by atoms with van der Waals surface area (Å²) in [7, 11) is 0. The smallest absolute Gasteiger partial charge is 0.356 e. The lowest BCUT2D eigenvalue weighted by Crippen LogP contribution is -2.40. The first-order chi connectivity index (χ1) is 6.75. The van der Waals surface area contributed by atoms with Gasteiger partial charge in [0.2, 0.25) is 0 Å². The number of carbonyl (C=O) groups is 1. The van der Waals surface area contributed by atoms with Crippen LogP contribution in [0, 0.1) is 0 Å². The van der Waals surface area contributed by atoms with E-state index < -0.39 is 5.97 Å². The number of carboxylic acids is 1. The predicted molar refractivity (Wildman–Crippen MR) is 47.2 cm³/mol. The summed E-state index contributed by atoms with van der Waals surface area (Å²) in [6, 6.07) is 3.27. The van der Waals surface area contributed by atoms with Crippen LogP contribution in [0.3, 0.4) is 0 Å². The minimum absolute atomic E-state index is 0.0552. The molecule has 0 unspecified atom stereocenters. The second kappa shape index (κ2) is 3.59. The van der Waals surface area contributed by atoms with Crippen molar-refractivity contribution in [3.63, 3.8) is 0 Å².